The SMILES string of the molecule is CS(=O)(=O)CCC(NC(=O)C=Cc1cc(Cl)ccc1-n1cnnn1)C(=O)Nc1ccc(C(=O)O)cc1. The predicted octanol–water partition coefficient (Wildman–Crippen LogP) is 1.59. The minimum absolute atomic E-state index is 0.0297. The molecule has 1 heterocycles. The maximum atomic E-state index is 12.8. The van der Waals surface area contributed by atoms with Crippen molar-refractivity contribution in [2.45, 2.75) is 12.5 Å². The summed E-state index contributed by atoms with van der Waals surface area (Å²) < 4.78 is 24.7. The van der Waals surface area contributed by atoms with Gasteiger partial charge < -0.3 is 15.7 Å². The number of benzene rings is 2. The van der Waals surface area contributed by atoms with Crippen LogP contribution >= 0.6 is 11.6 Å². The Bertz CT molecular complexity index is 1390. The summed E-state index contributed by atoms with van der Waals surface area (Å²) in [6.45, 7) is 0. The maximum Gasteiger partial charge on any atom is 0.335 e. The van der Waals surface area contributed by atoms with E-state index in [2.05, 4.69) is 26.2 Å². The Morgan fingerprint density at radius 1 is 1.17 bits per heavy atom. The monoisotopic (exact) mass is 532 g/mol. The molecule has 0 aliphatic carbocycles. The minimum Gasteiger partial charge on any atom is -0.478 e. The summed E-state index contributed by atoms with van der Waals surface area (Å²) in [7, 11) is -3.42. The van der Waals surface area contributed by atoms with Crippen LogP contribution in [0.3, 0.4) is 0 Å². The van der Waals surface area contributed by atoms with E-state index in [1.807, 2.05) is 0 Å². The van der Waals surface area contributed by atoms with Crippen molar-refractivity contribution in [3.63, 3.8) is 0 Å². The van der Waals surface area contributed by atoms with E-state index in [1.54, 1.807) is 18.2 Å². The van der Waals surface area contributed by atoms with Crippen LogP contribution in [0.15, 0.2) is 54.9 Å². The maximum absolute atomic E-state index is 12.8. The summed E-state index contributed by atoms with van der Waals surface area (Å²) in [6, 6.07) is 9.08. The molecule has 188 valence electrons. The quantitative estimate of drug-likeness (QED) is 0.327. The van der Waals surface area contributed by atoms with Crippen molar-refractivity contribution in [2.75, 3.05) is 17.3 Å². The van der Waals surface area contributed by atoms with Crippen molar-refractivity contribution in [1.82, 2.24) is 25.5 Å². The first-order chi connectivity index (χ1) is 17.0. The average Bonchev–Trinajstić information content (AvgIpc) is 3.35. The molecular formula is C22H21ClN6O6S. The van der Waals surface area contributed by atoms with Gasteiger partial charge in [-0.3, -0.25) is 9.59 Å². The van der Waals surface area contributed by atoms with E-state index in [-0.39, 0.29) is 23.4 Å². The van der Waals surface area contributed by atoms with Crippen molar-refractivity contribution in [3.05, 3.63) is 71.0 Å². The van der Waals surface area contributed by atoms with Crippen LogP contribution in [0.4, 0.5) is 5.69 Å². The molecule has 1 unspecified atom stereocenters. The standard InChI is InChI=1S/C22H21ClN6O6S/c1-36(34,35)11-10-18(21(31)25-17-6-2-14(3-7-17)22(32)33)26-20(30)9-4-15-12-16(23)5-8-19(15)29-13-24-27-28-29/h2-9,12-13,18H,10-11H2,1H3,(H,25,31)(H,26,30)(H,32,33). The molecule has 2 amide bonds. The van der Waals surface area contributed by atoms with Crippen molar-refractivity contribution < 1.29 is 27.9 Å². The van der Waals surface area contributed by atoms with Crippen LogP contribution in [0.5, 0.6) is 0 Å². The van der Waals surface area contributed by atoms with Crippen molar-refractivity contribution >= 4 is 51.0 Å². The Labute approximate surface area is 210 Å². The van der Waals surface area contributed by atoms with E-state index in [0.29, 0.717) is 16.3 Å². The number of halogens is 1. The number of amides is 2. The fraction of sp³-hybridized carbons (Fsp3) is 0.182. The zero-order valence-corrected chi connectivity index (χ0v) is 20.4. The first-order valence-corrected chi connectivity index (χ1v) is 12.8. The van der Waals surface area contributed by atoms with E-state index in [0.717, 1.165) is 6.26 Å². The Kier molecular flexibility index (Phi) is 8.51. The molecule has 0 fully saturated rings. The lowest BCUT2D eigenvalue weighted by atomic mass is 10.1. The van der Waals surface area contributed by atoms with E-state index < -0.39 is 33.7 Å². The second-order valence-electron chi connectivity index (χ2n) is 7.64. The van der Waals surface area contributed by atoms with E-state index in [1.165, 1.54) is 47.4 Å². The highest BCUT2D eigenvalue weighted by molar-refractivity contribution is 7.90. The summed E-state index contributed by atoms with van der Waals surface area (Å²) in [5, 5.41) is 25.4. The molecule has 0 radical (unpaired) electrons. The summed E-state index contributed by atoms with van der Waals surface area (Å²) in [5.41, 5.74) is 1.37. The summed E-state index contributed by atoms with van der Waals surface area (Å²) in [4.78, 5) is 36.4. The molecule has 12 nitrogen and oxygen atoms in total. The number of nitrogens with one attached hydrogen (secondary N) is 2. The summed E-state index contributed by atoms with van der Waals surface area (Å²) in [6.07, 6.45) is 4.84. The number of tetrazole rings is 1. The van der Waals surface area contributed by atoms with Gasteiger partial charge in [0, 0.05) is 28.6 Å². The van der Waals surface area contributed by atoms with Crippen molar-refractivity contribution in [2.24, 2.45) is 0 Å². The van der Waals surface area contributed by atoms with Crippen molar-refractivity contribution in [3.8, 4) is 5.69 Å². The smallest absolute Gasteiger partial charge is 0.335 e. The van der Waals surface area contributed by atoms with Gasteiger partial charge in [0.2, 0.25) is 11.8 Å². The molecule has 3 rings (SSSR count). The predicted molar refractivity (Wildman–Crippen MR) is 131 cm³/mol. The van der Waals surface area contributed by atoms with Gasteiger partial charge in [0.1, 0.15) is 22.2 Å². The van der Waals surface area contributed by atoms with Crippen LogP contribution in [0.25, 0.3) is 11.8 Å². The van der Waals surface area contributed by atoms with Gasteiger partial charge in [-0.15, -0.1) is 5.10 Å². The lowest BCUT2D eigenvalue weighted by Gasteiger charge is -2.17. The number of aromatic carboxylic acids is 1. The third kappa shape index (κ3) is 7.71. The Hall–Kier alpha value is -4.10. The number of carboxylic acid groups (broad SMARTS) is 1. The molecule has 3 N–H and O–H groups in total. The summed E-state index contributed by atoms with van der Waals surface area (Å²) >= 11 is 6.07. The molecule has 36 heavy (non-hydrogen) atoms. The van der Waals surface area contributed by atoms with Gasteiger partial charge >= 0.3 is 5.97 Å². The first-order valence-electron chi connectivity index (χ1n) is 10.4. The molecule has 0 saturated heterocycles. The highest BCUT2D eigenvalue weighted by Crippen LogP contribution is 2.20. The van der Waals surface area contributed by atoms with Gasteiger partial charge in [0.15, 0.2) is 0 Å². The van der Waals surface area contributed by atoms with Gasteiger partial charge in [0.05, 0.1) is 17.0 Å². The number of anilines is 1. The molecule has 0 spiro atoms. The van der Waals surface area contributed by atoms with Gasteiger partial charge in [-0.25, -0.2) is 13.2 Å². The van der Waals surface area contributed by atoms with Crippen LogP contribution in [0, 0.1) is 0 Å². The zero-order chi connectivity index (χ0) is 26.3. The molecule has 0 aliphatic heterocycles. The number of carboxylic acids is 1. The van der Waals surface area contributed by atoms with Crippen molar-refractivity contribution in [1.29, 1.82) is 0 Å². The number of hydrogen-bond acceptors (Lipinski definition) is 8. The fourth-order valence-corrected chi connectivity index (χ4v) is 3.90. The summed E-state index contributed by atoms with van der Waals surface area (Å²) in [5.74, 6) is -2.79. The van der Waals surface area contributed by atoms with E-state index in [9.17, 15) is 22.8 Å². The second-order valence-corrected chi connectivity index (χ2v) is 10.3. The number of hydrogen-bond donors (Lipinski definition) is 3. The van der Waals surface area contributed by atoms with E-state index in [4.69, 9.17) is 16.7 Å². The van der Waals surface area contributed by atoms with Gasteiger partial charge in [-0.05, 0) is 65.4 Å². The van der Waals surface area contributed by atoms with E-state index >= 15 is 0 Å². The molecular weight excluding hydrogens is 512 g/mol. The molecule has 1 atom stereocenters. The minimum atomic E-state index is -3.42. The normalized spacial score (nSPS) is 12.3. The molecule has 0 aliphatic rings. The second kappa shape index (κ2) is 11.6. The van der Waals surface area contributed by atoms with Gasteiger partial charge in [0.25, 0.3) is 0 Å². The lowest BCUT2D eigenvalue weighted by molar-refractivity contribution is -0.123. The van der Waals surface area contributed by atoms with Crippen LogP contribution in [0.2, 0.25) is 5.02 Å². The van der Waals surface area contributed by atoms with Gasteiger partial charge in [-0.1, -0.05) is 11.6 Å². The molecule has 1 aromatic heterocycles. The molecule has 3 aromatic rings. The first kappa shape index (κ1) is 26.5. The number of carbonyl (C=O) groups excluding carboxylic acids is 2. The lowest BCUT2D eigenvalue weighted by Crippen LogP contribution is -2.44. The Balaban J connectivity index is 1.76. The number of rotatable bonds is 10. The Morgan fingerprint density at radius 2 is 1.89 bits per heavy atom. The third-order valence-corrected chi connectivity index (χ3v) is 6.02. The van der Waals surface area contributed by atoms with Crippen LogP contribution in [-0.2, 0) is 19.4 Å². The highest BCUT2D eigenvalue weighted by atomic mass is 35.5. The molecule has 2 aromatic carbocycles. The molecule has 0 saturated carbocycles. The number of aromatic nitrogens is 4. The topological polar surface area (TPSA) is 173 Å². The molecule has 14 heteroatoms. The zero-order valence-electron chi connectivity index (χ0n) is 18.8. The van der Waals surface area contributed by atoms with Gasteiger partial charge in [-0.2, -0.15) is 4.68 Å². The van der Waals surface area contributed by atoms with Crippen LogP contribution in [-0.4, -0.2) is 69.6 Å². The largest absolute Gasteiger partial charge is 0.478 e. The highest BCUT2D eigenvalue weighted by Gasteiger charge is 2.22. The van der Waals surface area contributed by atoms with Crippen LogP contribution < -0.4 is 10.6 Å². The third-order valence-electron chi connectivity index (χ3n) is 4.81. The van der Waals surface area contributed by atoms with Crippen LogP contribution in [0.1, 0.15) is 22.3 Å². The number of sulfone groups is 1. The Morgan fingerprint density at radius 3 is 2.50 bits per heavy atom. The molecule has 0 bridgehead atoms. The number of nitrogens with zero attached hydrogens (tertiary/aromatic N) is 4. The number of carbonyl (C=O) groups is 3. The fourth-order valence-electron chi connectivity index (χ4n) is 3.05. The average molecular weight is 533 g/mol.